The van der Waals surface area contributed by atoms with Crippen LogP contribution in [0.2, 0.25) is 0 Å². The van der Waals surface area contributed by atoms with Gasteiger partial charge < -0.3 is 25.2 Å². The van der Waals surface area contributed by atoms with E-state index < -0.39 is 18.0 Å². The number of carboxylic acid groups (broad SMARTS) is 1. The molecule has 2 aliphatic rings. The first-order chi connectivity index (χ1) is 22.8. The van der Waals surface area contributed by atoms with Crippen LogP contribution in [0.15, 0.2) is 66.5 Å². The monoisotopic (exact) mass is 667 g/mol. The highest BCUT2D eigenvalue weighted by molar-refractivity contribution is 5.99. The summed E-state index contributed by atoms with van der Waals surface area (Å²) in [5, 5.41) is 22.1. The summed E-state index contributed by atoms with van der Waals surface area (Å²) in [7, 11) is 0. The molecule has 0 radical (unpaired) electrons. The first-order valence-electron chi connectivity index (χ1n) is 14.6. The number of carbonyl (C=O) groups excluding carboxylic acids is 1. The molecule has 4 aromatic rings. The molecule has 2 aromatic carbocycles. The van der Waals surface area contributed by atoms with Crippen LogP contribution in [0.4, 0.5) is 23.4 Å². The second-order valence-corrected chi connectivity index (χ2v) is 11.5. The molecule has 2 aliphatic heterocycles. The van der Waals surface area contributed by atoms with Gasteiger partial charge in [-0.15, -0.1) is 0 Å². The molecule has 2 saturated heterocycles. The predicted molar refractivity (Wildman–Crippen MR) is 163 cm³/mol. The van der Waals surface area contributed by atoms with E-state index in [-0.39, 0.29) is 34.3 Å². The quantitative estimate of drug-likeness (QED) is 0.157. The van der Waals surface area contributed by atoms with Gasteiger partial charge in [0.25, 0.3) is 5.91 Å². The van der Waals surface area contributed by atoms with Crippen molar-refractivity contribution in [1.82, 2.24) is 24.6 Å². The molecule has 48 heavy (non-hydrogen) atoms. The van der Waals surface area contributed by atoms with Crippen LogP contribution in [0, 0.1) is 22.6 Å². The molecule has 0 bridgehead atoms. The van der Waals surface area contributed by atoms with E-state index in [1.807, 2.05) is 25.1 Å². The number of fused-ring (bicyclic) bond motifs is 1. The third-order valence-corrected chi connectivity index (χ3v) is 7.67. The number of aromatic nitrogens is 4. The molecule has 250 valence electrons. The standard InChI is InChI=1S/C30H28FN7O3.C2HF3O2/c1-30(16-40-17-30)13-19(14-32)29(39)37-11-5-6-20(15-37)38-28-25(27(33)34-18-35-28)26(36-38)23-10-9-22(12-24(23)31)41-21-7-3-2-4-8-21;3-2(4,5)1(6)7/h2-4,7-10,12-13,18,20H,5-6,11,15-17H2,1H3,(H2,33,34,35);(H,6,7)/b19-13+;/t20-;/m1./s1. The highest BCUT2D eigenvalue weighted by atomic mass is 19.4. The van der Waals surface area contributed by atoms with Crippen molar-refractivity contribution in [3.05, 3.63) is 72.3 Å². The summed E-state index contributed by atoms with van der Waals surface area (Å²) >= 11 is 0. The van der Waals surface area contributed by atoms with Crippen LogP contribution in [0.1, 0.15) is 25.8 Å². The van der Waals surface area contributed by atoms with E-state index in [9.17, 15) is 23.2 Å². The number of ether oxygens (including phenoxy) is 2. The second kappa shape index (κ2) is 13.7. The molecule has 2 aromatic heterocycles. The Hall–Kier alpha value is -5.56. The fourth-order valence-electron chi connectivity index (χ4n) is 5.32. The molecule has 0 unspecified atom stereocenters. The fraction of sp³-hybridized carbons (Fsp3) is 0.312. The number of carboxylic acids is 1. The number of nitrogen functional groups attached to an aromatic ring is 1. The van der Waals surface area contributed by atoms with Crippen LogP contribution in [0.3, 0.4) is 0 Å². The number of aliphatic carboxylic acids is 1. The lowest BCUT2D eigenvalue weighted by molar-refractivity contribution is -0.192. The van der Waals surface area contributed by atoms with Gasteiger partial charge in [-0.2, -0.15) is 23.5 Å². The van der Waals surface area contributed by atoms with Crippen LogP contribution in [-0.4, -0.2) is 74.1 Å². The van der Waals surface area contributed by atoms with Gasteiger partial charge in [0.15, 0.2) is 5.65 Å². The number of likely N-dealkylation sites (tertiary alicyclic amines) is 1. The molecule has 1 atom stereocenters. The second-order valence-electron chi connectivity index (χ2n) is 11.5. The maximum Gasteiger partial charge on any atom is 0.490 e. The number of rotatable bonds is 6. The molecule has 0 aliphatic carbocycles. The zero-order chi connectivity index (χ0) is 34.6. The SMILES string of the molecule is CC1(/C=C(\C#N)C(=O)N2CCC[C@@H](n3nc(-c4ccc(Oc5ccccc5)cc4F)c4c(N)ncnc43)C2)COC1.O=C(O)C(F)(F)F. The zero-order valence-electron chi connectivity index (χ0n) is 25.4. The number of para-hydroxylation sites is 1. The van der Waals surface area contributed by atoms with E-state index in [0.717, 1.165) is 0 Å². The summed E-state index contributed by atoms with van der Waals surface area (Å²) in [6, 6.07) is 15.5. The Kier molecular flexibility index (Phi) is 9.62. The largest absolute Gasteiger partial charge is 0.490 e. The molecule has 4 heterocycles. The molecule has 2 fully saturated rings. The molecule has 0 saturated carbocycles. The molecular formula is C32H29F4N7O5. The number of anilines is 1. The van der Waals surface area contributed by atoms with E-state index >= 15 is 4.39 Å². The molecule has 12 nitrogen and oxygen atoms in total. The van der Waals surface area contributed by atoms with Crippen LogP contribution >= 0.6 is 0 Å². The molecular weight excluding hydrogens is 638 g/mol. The summed E-state index contributed by atoms with van der Waals surface area (Å²) in [6.07, 6.45) is -0.609. The first-order valence-corrected chi connectivity index (χ1v) is 14.6. The van der Waals surface area contributed by atoms with Crippen molar-refractivity contribution in [1.29, 1.82) is 5.26 Å². The van der Waals surface area contributed by atoms with Crippen LogP contribution < -0.4 is 10.5 Å². The van der Waals surface area contributed by atoms with Gasteiger partial charge in [0.2, 0.25) is 0 Å². The third-order valence-electron chi connectivity index (χ3n) is 7.67. The number of hydrogen-bond acceptors (Lipinski definition) is 9. The zero-order valence-corrected chi connectivity index (χ0v) is 25.4. The van der Waals surface area contributed by atoms with Crippen molar-refractivity contribution in [2.45, 2.75) is 32.0 Å². The number of amides is 1. The van der Waals surface area contributed by atoms with Crippen LogP contribution in [0.5, 0.6) is 11.5 Å². The predicted octanol–water partition coefficient (Wildman–Crippen LogP) is 5.29. The molecule has 6 rings (SSSR count). The number of halogens is 4. The summed E-state index contributed by atoms with van der Waals surface area (Å²) in [5.41, 5.74) is 7.03. The molecule has 16 heteroatoms. The lowest BCUT2D eigenvalue weighted by Gasteiger charge is -2.36. The lowest BCUT2D eigenvalue weighted by Crippen LogP contribution is -2.43. The topological polar surface area (TPSA) is 169 Å². The minimum absolute atomic E-state index is 0.105. The summed E-state index contributed by atoms with van der Waals surface area (Å²) in [6.45, 7) is 3.75. The van der Waals surface area contributed by atoms with E-state index in [4.69, 9.17) is 30.2 Å². The Morgan fingerprint density at radius 3 is 2.48 bits per heavy atom. The Morgan fingerprint density at radius 2 is 1.88 bits per heavy atom. The minimum atomic E-state index is -5.08. The van der Waals surface area contributed by atoms with E-state index in [1.165, 1.54) is 12.4 Å². The average Bonchev–Trinajstić information content (AvgIpc) is 3.43. The number of nitrogens with two attached hydrogens (primary N) is 1. The van der Waals surface area contributed by atoms with Gasteiger partial charge in [-0.1, -0.05) is 31.2 Å². The van der Waals surface area contributed by atoms with Crippen LogP contribution in [-0.2, 0) is 14.3 Å². The number of alkyl halides is 3. The van der Waals surface area contributed by atoms with E-state index in [0.29, 0.717) is 67.4 Å². The highest BCUT2D eigenvalue weighted by Crippen LogP contribution is 2.37. The van der Waals surface area contributed by atoms with Gasteiger partial charge in [0, 0.05) is 30.1 Å². The van der Waals surface area contributed by atoms with Crippen molar-refractivity contribution < 1.29 is 41.7 Å². The number of benzene rings is 2. The number of piperidine rings is 1. The smallest absolute Gasteiger partial charge is 0.475 e. The maximum absolute atomic E-state index is 15.5. The van der Waals surface area contributed by atoms with Crippen molar-refractivity contribution in [3.63, 3.8) is 0 Å². The Labute approximate surface area is 271 Å². The van der Waals surface area contributed by atoms with Gasteiger partial charge in [-0.25, -0.2) is 23.8 Å². The maximum atomic E-state index is 15.5. The minimum Gasteiger partial charge on any atom is -0.475 e. The fourth-order valence-corrected chi connectivity index (χ4v) is 5.32. The average molecular weight is 668 g/mol. The number of nitriles is 1. The number of carbonyl (C=O) groups is 2. The highest BCUT2D eigenvalue weighted by Gasteiger charge is 2.38. The van der Waals surface area contributed by atoms with Gasteiger partial charge in [0.05, 0.1) is 24.6 Å². The number of hydrogen-bond donors (Lipinski definition) is 2. The Balaban J connectivity index is 0.000000582. The Morgan fingerprint density at radius 1 is 1.17 bits per heavy atom. The van der Waals surface area contributed by atoms with Gasteiger partial charge in [0.1, 0.15) is 46.8 Å². The third kappa shape index (κ3) is 7.36. The first kappa shape index (κ1) is 33.8. The van der Waals surface area contributed by atoms with E-state index in [1.54, 1.807) is 39.9 Å². The van der Waals surface area contributed by atoms with Gasteiger partial charge in [-0.3, -0.25) is 4.79 Å². The van der Waals surface area contributed by atoms with Crippen molar-refractivity contribution in [2.75, 3.05) is 32.0 Å². The summed E-state index contributed by atoms with van der Waals surface area (Å²) in [5.74, 6) is -2.51. The van der Waals surface area contributed by atoms with Crippen molar-refractivity contribution >= 4 is 28.7 Å². The lowest BCUT2D eigenvalue weighted by atomic mass is 9.86. The van der Waals surface area contributed by atoms with Gasteiger partial charge >= 0.3 is 12.1 Å². The number of nitrogens with zero attached hydrogens (tertiary/aromatic N) is 6. The Bertz CT molecular complexity index is 1900. The molecule has 1 amide bonds. The summed E-state index contributed by atoms with van der Waals surface area (Å²) in [4.78, 5) is 32.5. The van der Waals surface area contributed by atoms with Crippen LogP contribution in [0.25, 0.3) is 22.3 Å². The molecule has 0 spiro atoms. The normalized spacial score (nSPS) is 17.5. The van der Waals surface area contributed by atoms with E-state index in [2.05, 4.69) is 16.0 Å². The molecule has 3 N–H and O–H groups in total. The van der Waals surface area contributed by atoms with Gasteiger partial charge in [-0.05, 0) is 37.1 Å². The van der Waals surface area contributed by atoms with Crippen molar-refractivity contribution in [3.8, 4) is 28.8 Å². The summed E-state index contributed by atoms with van der Waals surface area (Å²) < 4.78 is 60.0. The van der Waals surface area contributed by atoms with Crippen molar-refractivity contribution in [2.24, 2.45) is 5.41 Å².